The Morgan fingerprint density at radius 2 is 1.67 bits per heavy atom. The van der Waals surface area contributed by atoms with Gasteiger partial charge in [0.25, 0.3) is 5.91 Å². The van der Waals surface area contributed by atoms with Gasteiger partial charge in [0.15, 0.2) is 0 Å². The van der Waals surface area contributed by atoms with Crippen molar-refractivity contribution in [1.82, 2.24) is 4.90 Å². The second-order valence-corrected chi connectivity index (χ2v) is 7.14. The van der Waals surface area contributed by atoms with Crippen molar-refractivity contribution in [2.75, 3.05) is 0 Å². The highest BCUT2D eigenvalue weighted by molar-refractivity contribution is 5.99. The molecule has 2 heteroatoms. The van der Waals surface area contributed by atoms with Crippen molar-refractivity contribution in [3.05, 3.63) is 34.9 Å². The van der Waals surface area contributed by atoms with E-state index < -0.39 is 0 Å². The number of amides is 1. The van der Waals surface area contributed by atoms with Crippen molar-refractivity contribution in [1.29, 1.82) is 0 Å². The van der Waals surface area contributed by atoms with E-state index in [0.29, 0.717) is 0 Å². The van der Waals surface area contributed by atoms with Crippen molar-refractivity contribution < 1.29 is 4.79 Å². The van der Waals surface area contributed by atoms with Gasteiger partial charge >= 0.3 is 0 Å². The van der Waals surface area contributed by atoms with Gasteiger partial charge in [-0.2, -0.15) is 0 Å². The molecule has 1 aromatic rings. The molecule has 0 spiro atoms. The fourth-order valence-electron chi connectivity index (χ4n) is 2.58. The second-order valence-electron chi connectivity index (χ2n) is 7.14. The summed E-state index contributed by atoms with van der Waals surface area (Å²) in [6.07, 6.45) is 0. The Labute approximate surface area is 110 Å². The van der Waals surface area contributed by atoms with Gasteiger partial charge in [0.1, 0.15) is 0 Å². The summed E-state index contributed by atoms with van der Waals surface area (Å²) in [4.78, 5) is 14.4. The highest BCUT2D eigenvalue weighted by atomic mass is 16.2. The molecule has 1 aromatic carbocycles. The van der Waals surface area contributed by atoms with E-state index in [1.54, 1.807) is 0 Å². The number of rotatable bonds is 0. The first kappa shape index (κ1) is 13.1. The third-order valence-electron chi connectivity index (χ3n) is 3.59. The fraction of sp³-hybridized carbons (Fsp3) is 0.562. The van der Waals surface area contributed by atoms with Gasteiger partial charge in [-0.25, -0.2) is 0 Å². The predicted molar refractivity (Wildman–Crippen MR) is 74.8 cm³/mol. The molecule has 0 aliphatic carbocycles. The summed E-state index contributed by atoms with van der Waals surface area (Å²) in [5.74, 6) is 0.170. The molecule has 0 atom stereocenters. The van der Waals surface area contributed by atoms with E-state index in [9.17, 15) is 4.79 Å². The summed E-state index contributed by atoms with van der Waals surface area (Å²) in [7, 11) is 0. The lowest BCUT2D eigenvalue weighted by molar-refractivity contribution is 0.0609. The normalized spacial score (nSPS) is 16.1. The molecule has 0 radical (unpaired) electrons. The van der Waals surface area contributed by atoms with Gasteiger partial charge in [-0.15, -0.1) is 0 Å². The maximum Gasteiger partial charge on any atom is 0.254 e. The van der Waals surface area contributed by atoms with Crippen LogP contribution in [0, 0.1) is 0 Å². The van der Waals surface area contributed by atoms with Crippen LogP contribution in [-0.4, -0.2) is 16.3 Å². The van der Waals surface area contributed by atoms with Crippen molar-refractivity contribution in [3.8, 4) is 0 Å². The number of carbonyl (C=O) groups is 1. The third-order valence-corrected chi connectivity index (χ3v) is 3.59. The lowest BCUT2D eigenvalue weighted by Crippen LogP contribution is -2.41. The lowest BCUT2D eigenvalue weighted by atomic mass is 9.83. The van der Waals surface area contributed by atoms with E-state index in [4.69, 9.17) is 0 Å². The molecule has 0 unspecified atom stereocenters. The minimum absolute atomic E-state index is 0.0829. The van der Waals surface area contributed by atoms with Crippen molar-refractivity contribution in [2.45, 2.75) is 59.0 Å². The van der Waals surface area contributed by atoms with Crippen LogP contribution in [0.1, 0.15) is 63.0 Å². The van der Waals surface area contributed by atoms with Crippen molar-refractivity contribution in [2.24, 2.45) is 0 Å². The van der Waals surface area contributed by atoms with E-state index in [2.05, 4.69) is 47.6 Å². The van der Waals surface area contributed by atoms with E-state index in [1.165, 1.54) is 11.1 Å². The standard InChI is InChI=1S/C16H23NO/c1-15(2,3)13-9-7-8-11-12(13)10-17(14(11)18)16(4,5)6/h7-9H,10H2,1-6H3. The molecule has 0 N–H and O–H groups in total. The van der Waals surface area contributed by atoms with Gasteiger partial charge in [0, 0.05) is 17.6 Å². The van der Waals surface area contributed by atoms with Crippen LogP contribution in [0.4, 0.5) is 0 Å². The number of benzene rings is 1. The molecule has 0 bridgehead atoms. The first-order valence-electron chi connectivity index (χ1n) is 6.57. The van der Waals surface area contributed by atoms with Crippen LogP contribution in [0.15, 0.2) is 18.2 Å². The minimum atomic E-state index is -0.120. The van der Waals surface area contributed by atoms with Gasteiger partial charge in [-0.05, 0) is 43.4 Å². The van der Waals surface area contributed by atoms with Crippen LogP contribution >= 0.6 is 0 Å². The quantitative estimate of drug-likeness (QED) is 0.682. The molecule has 1 aliphatic heterocycles. The molecule has 18 heavy (non-hydrogen) atoms. The van der Waals surface area contributed by atoms with Gasteiger partial charge < -0.3 is 4.90 Å². The largest absolute Gasteiger partial charge is 0.329 e. The average molecular weight is 245 g/mol. The molecule has 2 rings (SSSR count). The summed E-state index contributed by atoms with van der Waals surface area (Å²) in [5.41, 5.74) is 3.35. The minimum Gasteiger partial charge on any atom is -0.329 e. The molecule has 1 amide bonds. The van der Waals surface area contributed by atoms with Crippen molar-refractivity contribution >= 4 is 5.91 Å². The molecule has 2 nitrogen and oxygen atoms in total. The maximum absolute atomic E-state index is 12.4. The molecule has 0 fully saturated rings. The topological polar surface area (TPSA) is 20.3 Å². The molecule has 98 valence electrons. The Kier molecular flexibility index (Phi) is 2.80. The Bertz CT molecular complexity index is 489. The average Bonchev–Trinajstić information content (AvgIpc) is 2.54. The first-order chi connectivity index (χ1) is 8.12. The summed E-state index contributed by atoms with van der Waals surface area (Å²) in [6.45, 7) is 13.6. The highest BCUT2D eigenvalue weighted by Crippen LogP contribution is 2.35. The molecular weight excluding hydrogens is 222 g/mol. The Hall–Kier alpha value is -1.31. The molecule has 1 aliphatic rings. The Morgan fingerprint density at radius 1 is 1.06 bits per heavy atom. The Morgan fingerprint density at radius 3 is 2.17 bits per heavy atom. The molecule has 0 saturated heterocycles. The van der Waals surface area contributed by atoms with Crippen LogP contribution < -0.4 is 0 Å². The zero-order chi connectivity index (χ0) is 13.7. The van der Waals surface area contributed by atoms with Crippen LogP contribution in [0.25, 0.3) is 0 Å². The molecule has 1 heterocycles. The van der Waals surface area contributed by atoms with Gasteiger partial charge in [-0.3, -0.25) is 4.79 Å². The van der Waals surface area contributed by atoms with E-state index in [0.717, 1.165) is 12.1 Å². The van der Waals surface area contributed by atoms with Crippen LogP contribution in [0.5, 0.6) is 0 Å². The first-order valence-corrected chi connectivity index (χ1v) is 6.57. The predicted octanol–water partition coefficient (Wildman–Crippen LogP) is 3.74. The molecular formula is C16H23NO. The van der Waals surface area contributed by atoms with Crippen molar-refractivity contribution in [3.63, 3.8) is 0 Å². The SMILES string of the molecule is CC(C)(C)c1cccc2c1CN(C(C)(C)C)C2=O. The van der Waals surface area contributed by atoms with Crippen LogP contribution in [0.3, 0.4) is 0 Å². The van der Waals surface area contributed by atoms with Gasteiger partial charge in [-0.1, -0.05) is 32.9 Å². The third kappa shape index (κ3) is 2.05. The van der Waals surface area contributed by atoms with Crippen LogP contribution in [0.2, 0.25) is 0 Å². The second kappa shape index (κ2) is 3.84. The number of fused-ring (bicyclic) bond motifs is 1. The number of hydrogen-bond donors (Lipinski definition) is 0. The zero-order valence-corrected chi connectivity index (χ0v) is 12.3. The monoisotopic (exact) mass is 245 g/mol. The summed E-state index contributed by atoms with van der Waals surface area (Å²) in [5, 5.41) is 0. The van der Waals surface area contributed by atoms with E-state index in [-0.39, 0.29) is 16.9 Å². The number of hydrogen-bond acceptors (Lipinski definition) is 1. The van der Waals surface area contributed by atoms with Gasteiger partial charge in [0.05, 0.1) is 0 Å². The number of carbonyl (C=O) groups excluding carboxylic acids is 1. The zero-order valence-electron chi connectivity index (χ0n) is 12.3. The highest BCUT2D eigenvalue weighted by Gasteiger charge is 2.37. The maximum atomic E-state index is 12.4. The van der Waals surface area contributed by atoms with Gasteiger partial charge in [0.2, 0.25) is 0 Å². The summed E-state index contributed by atoms with van der Waals surface area (Å²) < 4.78 is 0. The van der Waals surface area contributed by atoms with E-state index >= 15 is 0 Å². The molecule has 0 aromatic heterocycles. The lowest BCUT2D eigenvalue weighted by Gasteiger charge is -2.32. The molecule has 0 saturated carbocycles. The van der Waals surface area contributed by atoms with E-state index in [1.807, 2.05) is 17.0 Å². The Balaban J connectivity index is 2.53. The summed E-state index contributed by atoms with van der Waals surface area (Å²) in [6, 6.07) is 6.11. The fourth-order valence-corrected chi connectivity index (χ4v) is 2.58. The summed E-state index contributed by atoms with van der Waals surface area (Å²) >= 11 is 0. The smallest absolute Gasteiger partial charge is 0.254 e. The number of nitrogens with zero attached hydrogens (tertiary/aromatic N) is 1. The van der Waals surface area contributed by atoms with Crippen LogP contribution in [-0.2, 0) is 12.0 Å².